The average Bonchev–Trinajstić information content (AvgIpc) is 2.72. The Morgan fingerprint density at radius 2 is 2.36 bits per heavy atom. The number of hydrogen-bond donors (Lipinski definition) is 1. The van der Waals surface area contributed by atoms with E-state index in [1.54, 1.807) is 6.08 Å². The molecular formula is C9H15NO. The lowest BCUT2D eigenvalue weighted by Gasteiger charge is -2.06. The van der Waals surface area contributed by atoms with E-state index < -0.39 is 0 Å². The summed E-state index contributed by atoms with van der Waals surface area (Å²) in [5.41, 5.74) is 5.65. The summed E-state index contributed by atoms with van der Waals surface area (Å²) in [4.78, 5) is 11.1. The summed E-state index contributed by atoms with van der Waals surface area (Å²) >= 11 is 0. The summed E-state index contributed by atoms with van der Waals surface area (Å²) in [6, 6.07) is -0.236. The molecule has 62 valence electrons. The number of ketones is 1. The van der Waals surface area contributed by atoms with E-state index in [-0.39, 0.29) is 11.8 Å². The molecular weight excluding hydrogens is 138 g/mol. The van der Waals surface area contributed by atoms with Crippen molar-refractivity contribution in [3.8, 4) is 0 Å². The van der Waals surface area contributed by atoms with Gasteiger partial charge in [-0.2, -0.15) is 0 Å². The van der Waals surface area contributed by atoms with E-state index in [0.29, 0.717) is 6.42 Å². The highest BCUT2D eigenvalue weighted by Gasteiger charge is 2.26. The molecule has 1 atom stereocenters. The van der Waals surface area contributed by atoms with Gasteiger partial charge in [0, 0.05) is 6.42 Å². The molecule has 0 saturated heterocycles. The smallest absolute Gasteiger partial charge is 0.153 e. The lowest BCUT2D eigenvalue weighted by atomic mass is 10.0. The van der Waals surface area contributed by atoms with Gasteiger partial charge in [-0.1, -0.05) is 18.9 Å². The van der Waals surface area contributed by atoms with E-state index in [1.165, 1.54) is 12.8 Å². The maximum atomic E-state index is 11.1. The minimum absolute atomic E-state index is 0.131. The summed E-state index contributed by atoms with van der Waals surface area (Å²) in [6.45, 7) is 3.50. The second kappa shape index (κ2) is 3.67. The quantitative estimate of drug-likeness (QED) is 0.604. The maximum absolute atomic E-state index is 11.1. The van der Waals surface area contributed by atoms with Crippen LogP contribution in [0.25, 0.3) is 0 Å². The molecule has 0 spiro atoms. The molecule has 0 heterocycles. The van der Waals surface area contributed by atoms with Gasteiger partial charge in [-0.05, 0) is 12.3 Å². The molecule has 0 aromatic carbocycles. The van der Waals surface area contributed by atoms with Crippen LogP contribution in [0.5, 0.6) is 0 Å². The second-order valence-corrected chi connectivity index (χ2v) is 3.24. The number of hydrogen-bond acceptors (Lipinski definition) is 2. The van der Waals surface area contributed by atoms with E-state index in [0.717, 1.165) is 12.3 Å². The molecule has 1 saturated carbocycles. The molecule has 1 unspecified atom stereocenters. The van der Waals surface area contributed by atoms with Gasteiger partial charge in [-0.3, -0.25) is 4.79 Å². The van der Waals surface area contributed by atoms with Crippen LogP contribution in [0.4, 0.5) is 0 Å². The van der Waals surface area contributed by atoms with Gasteiger partial charge in [0.15, 0.2) is 5.78 Å². The first kappa shape index (κ1) is 8.47. The van der Waals surface area contributed by atoms with Crippen molar-refractivity contribution >= 4 is 5.78 Å². The summed E-state index contributed by atoms with van der Waals surface area (Å²) in [7, 11) is 0. The third-order valence-electron chi connectivity index (χ3n) is 2.04. The van der Waals surface area contributed by atoms with Crippen LogP contribution in [-0.2, 0) is 4.79 Å². The molecule has 2 N–H and O–H groups in total. The summed E-state index contributed by atoms with van der Waals surface area (Å²) in [5, 5.41) is 0. The fraction of sp³-hybridized carbons (Fsp3) is 0.667. The van der Waals surface area contributed by atoms with Gasteiger partial charge in [0.25, 0.3) is 0 Å². The zero-order chi connectivity index (χ0) is 8.27. The second-order valence-electron chi connectivity index (χ2n) is 3.24. The number of allylic oxidation sites excluding steroid dienone is 1. The minimum atomic E-state index is -0.236. The van der Waals surface area contributed by atoms with Gasteiger partial charge < -0.3 is 5.73 Å². The van der Waals surface area contributed by atoms with Crippen LogP contribution >= 0.6 is 0 Å². The zero-order valence-electron chi connectivity index (χ0n) is 6.75. The molecule has 1 rings (SSSR count). The molecule has 1 aliphatic rings. The monoisotopic (exact) mass is 153 g/mol. The summed E-state index contributed by atoms with van der Waals surface area (Å²) < 4.78 is 0. The lowest BCUT2D eigenvalue weighted by Crippen LogP contribution is -2.30. The average molecular weight is 153 g/mol. The fourth-order valence-corrected chi connectivity index (χ4v) is 1.14. The van der Waals surface area contributed by atoms with Crippen LogP contribution in [0.2, 0.25) is 0 Å². The molecule has 0 bridgehead atoms. The fourth-order valence-electron chi connectivity index (χ4n) is 1.14. The standard InChI is InChI=1S/C9H15NO/c1-2-3-9(11)8(10)6-7-4-5-7/h2,7-8H,1,3-6,10H2. The Morgan fingerprint density at radius 3 is 2.82 bits per heavy atom. The predicted molar refractivity (Wildman–Crippen MR) is 45.1 cm³/mol. The van der Waals surface area contributed by atoms with Crippen LogP contribution in [0.3, 0.4) is 0 Å². The Morgan fingerprint density at radius 1 is 1.73 bits per heavy atom. The number of nitrogens with two attached hydrogens (primary N) is 1. The molecule has 0 aromatic heterocycles. The van der Waals surface area contributed by atoms with Gasteiger partial charge in [0.05, 0.1) is 6.04 Å². The molecule has 0 aliphatic heterocycles. The highest BCUT2D eigenvalue weighted by Crippen LogP contribution is 2.33. The lowest BCUT2D eigenvalue weighted by molar-refractivity contribution is -0.119. The molecule has 2 heteroatoms. The van der Waals surface area contributed by atoms with Gasteiger partial charge >= 0.3 is 0 Å². The molecule has 1 fully saturated rings. The Hall–Kier alpha value is -0.630. The summed E-state index contributed by atoms with van der Waals surface area (Å²) in [5.74, 6) is 0.866. The van der Waals surface area contributed by atoms with Crippen molar-refractivity contribution in [1.82, 2.24) is 0 Å². The van der Waals surface area contributed by atoms with E-state index in [4.69, 9.17) is 5.73 Å². The first-order valence-corrected chi connectivity index (χ1v) is 4.13. The van der Waals surface area contributed by atoms with Gasteiger partial charge in [0.2, 0.25) is 0 Å². The normalized spacial score (nSPS) is 19.4. The third kappa shape index (κ3) is 2.85. The topological polar surface area (TPSA) is 43.1 Å². The SMILES string of the molecule is C=CCC(=O)C(N)CC1CC1. The molecule has 0 radical (unpaired) electrons. The van der Waals surface area contributed by atoms with Crippen LogP contribution < -0.4 is 5.73 Å². The van der Waals surface area contributed by atoms with E-state index in [9.17, 15) is 4.79 Å². The van der Waals surface area contributed by atoms with E-state index in [2.05, 4.69) is 6.58 Å². The molecule has 0 amide bonds. The number of Topliss-reactive ketones (excluding diaryl/α,β-unsaturated/α-hetero) is 1. The van der Waals surface area contributed by atoms with E-state index >= 15 is 0 Å². The zero-order valence-corrected chi connectivity index (χ0v) is 6.75. The van der Waals surface area contributed by atoms with Crippen LogP contribution in [0, 0.1) is 5.92 Å². The van der Waals surface area contributed by atoms with Crippen molar-refractivity contribution in [2.24, 2.45) is 11.7 Å². The number of carbonyl (C=O) groups excluding carboxylic acids is 1. The predicted octanol–water partition coefficient (Wildman–Crippen LogP) is 1.26. The molecule has 1 aliphatic carbocycles. The number of carbonyl (C=O) groups is 1. The van der Waals surface area contributed by atoms with Crippen molar-refractivity contribution in [3.05, 3.63) is 12.7 Å². The first-order chi connectivity index (χ1) is 5.24. The van der Waals surface area contributed by atoms with Crippen LogP contribution in [0.1, 0.15) is 25.7 Å². The molecule has 11 heavy (non-hydrogen) atoms. The Bertz CT molecular complexity index is 161. The maximum Gasteiger partial charge on any atom is 0.153 e. The van der Waals surface area contributed by atoms with Crippen molar-refractivity contribution in [2.45, 2.75) is 31.7 Å². The van der Waals surface area contributed by atoms with Gasteiger partial charge in [-0.25, -0.2) is 0 Å². The van der Waals surface area contributed by atoms with Crippen molar-refractivity contribution in [2.75, 3.05) is 0 Å². The summed E-state index contributed by atoms with van der Waals surface area (Å²) in [6.07, 6.45) is 5.44. The van der Waals surface area contributed by atoms with Crippen molar-refractivity contribution in [1.29, 1.82) is 0 Å². The number of rotatable bonds is 5. The molecule has 0 aromatic rings. The minimum Gasteiger partial charge on any atom is -0.321 e. The highest BCUT2D eigenvalue weighted by molar-refractivity contribution is 5.84. The van der Waals surface area contributed by atoms with E-state index in [1.807, 2.05) is 0 Å². The largest absolute Gasteiger partial charge is 0.321 e. The molecule has 2 nitrogen and oxygen atoms in total. The first-order valence-electron chi connectivity index (χ1n) is 4.13. The van der Waals surface area contributed by atoms with Gasteiger partial charge in [-0.15, -0.1) is 6.58 Å². The van der Waals surface area contributed by atoms with Crippen LogP contribution in [-0.4, -0.2) is 11.8 Å². The Kier molecular flexibility index (Phi) is 2.83. The Balaban J connectivity index is 2.20. The highest BCUT2D eigenvalue weighted by atomic mass is 16.1. The Labute approximate surface area is 67.5 Å². The van der Waals surface area contributed by atoms with Gasteiger partial charge in [0.1, 0.15) is 0 Å². The van der Waals surface area contributed by atoms with Crippen molar-refractivity contribution in [3.63, 3.8) is 0 Å². The van der Waals surface area contributed by atoms with Crippen LogP contribution in [0.15, 0.2) is 12.7 Å². The third-order valence-corrected chi connectivity index (χ3v) is 2.04. The van der Waals surface area contributed by atoms with Crippen molar-refractivity contribution < 1.29 is 4.79 Å².